The van der Waals surface area contributed by atoms with Crippen molar-refractivity contribution in [3.05, 3.63) is 34.3 Å². The number of piperidine rings is 1. The number of hydrogen-bond acceptors (Lipinski definition) is 3. The predicted molar refractivity (Wildman–Crippen MR) is 96.8 cm³/mol. The van der Waals surface area contributed by atoms with Crippen molar-refractivity contribution in [1.29, 1.82) is 0 Å². The molecule has 2 fully saturated rings. The van der Waals surface area contributed by atoms with Crippen LogP contribution in [0.1, 0.15) is 38.7 Å². The van der Waals surface area contributed by atoms with Crippen molar-refractivity contribution in [3.63, 3.8) is 0 Å². The molecule has 1 aromatic carbocycles. The molecular formula is C18H22BrN3O3. The van der Waals surface area contributed by atoms with E-state index in [1.807, 2.05) is 19.1 Å². The van der Waals surface area contributed by atoms with Crippen LogP contribution >= 0.6 is 15.9 Å². The van der Waals surface area contributed by atoms with Crippen LogP contribution in [-0.2, 0) is 15.1 Å². The van der Waals surface area contributed by atoms with Crippen LogP contribution in [0.3, 0.4) is 0 Å². The maximum absolute atomic E-state index is 12.9. The summed E-state index contributed by atoms with van der Waals surface area (Å²) in [6.07, 6.45) is 3.03. The van der Waals surface area contributed by atoms with Crippen molar-refractivity contribution in [2.75, 3.05) is 13.1 Å². The number of rotatable bonds is 3. The zero-order chi connectivity index (χ0) is 18.2. The lowest BCUT2D eigenvalue weighted by Crippen LogP contribution is -2.48. The van der Waals surface area contributed by atoms with Crippen LogP contribution in [0, 0.1) is 0 Å². The lowest BCUT2D eigenvalue weighted by molar-refractivity contribution is -0.140. The number of urea groups is 1. The molecule has 0 bridgehead atoms. The highest BCUT2D eigenvalue weighted by atomic mass is 79.9. The normalized spacial score (nSPS) is 26.8. The number of halogens is 1. The van der Waals surface area contributed by atoms with Crippen LogP contribution in [0.15, 0.2) is 28.7 Å². The lowest BCUT2D eigenvalue weighted by atomic mass is 9.92. The molecule has 1 N–H and O–H groups in total. The number of carbonyl (C=O) groups is 3. The van der Waals surface area contributed by atoms with E-state index in [4.69, 9.17) is 0 Å². The molecule has 0 spiro atoms. The third-order valence-electron chi connectivity index (χ3n) is 5.09. The highest BCUT2D eigenvalue weighted by Gasteiger charge is 2.49. The second kappa shape index (κ2) is 6.78. The van der Waals surface area contributed by atoms with Gasteiger partial charge in [-0.15, -0.1) is 0 Å². The quantitative estimate of drug-likeness (QED) is 0.782. The number of hydrogen-bond donors (Lipinski definition) is 1. The minimum absolute atomic E-state index is 0.151. The summed E-state index contributed by atoms with van der Waals surface area (Å²) in [5.41, 5.74) is -0.476. The third kappa shape index (κ3) is 3.29. The van der Waals surface area contributed by atoms with Gasteiger partial charge in [-0.05, 0) is 50.8 Å². The summed E-state index contributed by atoms with van der Waals surface area (Å²) in [6, 6.07) is 6.89. The summed E-state index contributed by atoms with van der Waals surface area (Å²) in [5.74, 6) is -0.567. The molecule has 25 heavy (non-hydrogen) atoms. The maximum atomic E-state index is 12.9. The minimum atomic E-state index is -1.16. The molecule has 0 radical (unpaired) electrons. The van der Waals surface area contributed by atoms with E-state index in [2.05, 4.69) is 21.2 Å². The lowest BCUT2D eigenvalue weighted by Gasteiger charge is -2.34. The molecule has 0 aliphatic carbocycles. The number of likely N-dealkylation sites (tertiary alicyclic amines) is 1. The van der Waals surface area contributed by atoms with Crippen molar-refractivity contribution in [3.8, 4) is 0 Å². The standard InChI is InChI=1S/C18H22BrN3O3/c1-12-6-3-4-9-21(12)15(23)11-22-16(24)18(2,20-17(22)25)13-7-5-8-14(19)10-13/h5,7-8,10,12H,3-4,6,9,11H2,1-2H3,(H,20,25)/t12-,18-/m0/s1. The van der Waals surface area contributed by atoms with Crippen LogP contribution in [0.25, 0.3) is 0 Å². The molecule has 6 nitrogen and oxygen atoms in total. The molecule has 134 valence electrons. The van der Waals surface area contributed by atoms with E-state index in [0.29, 0.717) is 12.1 Å². The largest absolute Gasteiger partial charge is 0.338 e. The van der Waals surface area contributed by atoms with Gasteiger partial charge in [0.25, 0.3) is 5.91 Å². The topological polar surface area (TPSA) is 69.7 Å². The molecule has 4 amide bonds. The Kier molecular flexibility index (Phi) is 4.86. The number of nitrogens with one attached hydrogen (secondary N) is 1. The van der Waals surface area contributed by atoms with E-state index >= 15 is 0 Å². The fraction of sp³-hybridized carbons (Fsp3) is 0.500. The summed E-state index contributed by atoms with van der Waals surface area (Å²) in [5, 5.41) is 2.74. The van der Waals surface area contributed by atoms with E-state index in [1.54, 1.807) is 24.0 Å². The summed E-state index contributed by atoms with van der Waals surface area (Å²) >= 11 is 3.38. The zero-order valence-electron chi connectivity index (χ0n) is 14.4. The van der Waals surface area contributed by atoms with Crippen LogP contribution in [-0.4, -0.2) is 46.8 Å². The Morgan fingerprint density at radius 1 is 1.36 bits per heavy atom. The monoisotopic (exact) mass is 407 g/mol. The molecule has 0 unspecified atom stereocenters. The summed E-state index contributed by atoms with van der Waals surface area (Å²) in [4.78, 5) is 40.7. The summed E-state index contributed by atoms with van der Waals surface area (Å²) in [6.45, 7) is 4.16. The van der Waals surface area contributed by atoms with Gasteiger partial charge in [0.15, 0.2) is 0 Å². The van der Waals surface area contributed by atoms with Gasteiger partial charge in [-0.3, -0.25) is 14.5 Å². The zero-order valence-corrected chi connectivity index (χ0v) is 16.0. The molecule has 2 heterocycles. The highest BCUT2D eigenvalue weighted by molar-refractivity contribution is 9.10. The minimum Gasteiger partial charge on any atom is -0.338 e. The molecule has 2 aliphatic rings. The number of nitrogens with zero attached hydrogens (tertiary/aromatic N) is 2. The first-order chi connectivity index (χ1) is 11.8. The Morgan fingerprint density at radius 2 is 2.12 bits per heavy atom. The van der Waals surface area contributed by atoms with Gasteiger partial charge in [0, 0.05) is 17.1 Å². The van der Waals surface area contributed by atoms with Gasteiger partial charge < -0.3 is 10.2 Å². The third-order valence-corrected chi connectivity index (χ3v) is 5.59. The van der Waals surface area contributed by atoms with E-state index in [0.717, 1.165) is 28.6 Å². The number of carbonyl (C=O) groups excluding carboxylic acids is 3. The molecule has 2 aliphatic heterocycles. The van der Waals surface area contributed by atoms with Gasteiger partial charge in [0.2, 0.25) is 5.91 Å². The van der Waals surface area contributed by atoms with Gasteiger partial charge >= 0.3 is 6.03 Å². The Bertz CT molecular complexity index is 723. The summed E-state index contributed by atoms with van der Waals surface area (Å²) < 4.78 is 0.824. The fourth-order valence-electron chi connectivity index (χ4n) is 3.53. The molecule has 0 aromatic heterocycles. The van der Waals surface area contributed by atoms with Gasteiger partial charge in [-0.1, -0.05) is 28.1 Å². The van der Waals surface area contributed by atoms with Gasteiger partial charge in [0.05, 0.1) is 0 Å². The number of benzene rings is 1. The van der Waals surface area contributed by atoms with E-state index in [-0.39, 0.29) is 18.5 Å². The van der Waals surface area contributed by atoms with Gasteiger partial charge in [-0.2, -0.15) is 0 Å². The Labute approximate surface area is 155 Å². The van der Waals surface area contributed by atoms with Crippen molar-refractivity contribution < 1.29 is 14.4 Å². The Hall–Kier alpha value is -1.89. The smallest absolute Gasteiger partial charge is 0.325 e. The van der Waals surface area contributed by atoms with Gasteiger partial charge in [-0.25, -0.2) is 4.79 Å². The first kappa shape index (κ1) is 17.9. The van der Waals surface area contributed by atoms with Crippen LogP contribution in [0.5, 0.6) is 0 Å². The van der Waals surface area contributed by atoms with Crippen LogP contribution in [0.2, 0.25) is 0 Å². The van der Waals surface area contributed by atoms with E-state index < -0.39 is 17.5 Å². The SMILES string of the molecule is C[C@H]1CCCCN1C(=O)CN1C(=O)N[C@@](C)(c2cccc(Br)c2)C1=O. The molecule has 1 aromatic rings. The maximum Gasteiger partial charge on any atom is 0.325 e. The van der Waals surface area contributed by atoms with Crippen molar-refractivity contribution >= 4 is 33.8 Å². The molecule has 7 heteroatoms. The molecular weight excluding hydrogens is 386 g/mol. The first-order valence-corrected chi connectivity index (χ1v) is 9.32. The average Bonchev–Trinajstić information content (AvgIpc) is 2.79. The second-order valence-corrected chi connectivity index (χ2v) is 7.80. The number of imide groups is 1. The van der Waals surface area contributed by atoms with Crippen molar-refractivity contribution in [2.45, 2.75) is 44.7 Å². The molecule has 3 rings (SSSR count). The van der Waals surface area contributed by atoms with Gasteiger partial charge in [0.1, 0.15) is 12.1 Å². The van der Waals surface area contributed by atoms with E-state index in [1.165, 1.54) is 0 Å². The second-order valence-electron chi connectivity index (χ2n) is 6.89. The molecule has 0 saturated carbocycles. The predicted octanol–water partition coefficient (Wildman–Crippen LogP) is 2.62. The van der Waals surface area contributed by atoms with Crippen molar-refractivity contribution in [1.82, 2.24) is 15.1 Å². The van der Waals surface area contributed by atoms with Crippen molar-refractivity contribution in [2.24, 2.45) is 0 Å². The Morgan fingerprint density at radius 3 is 2.80 bits per heavy atom. The summed E-state index contributed by atoms with van der Waals surface area (Å²) in [7, 11) is 0. The average molecular weight is 408 g/mol. The molecule has 2 saturated heterocycles. The first-order valence-electron chi connectivity index (χ1n) is 8.52. The van der Waals surface area contributed by atoms with Crippen LogP contribution < -0.4 is 5.32 Å². The van der Waals surface area contributed by atoms with E-state index in [9.17, 15) is 14.4 Å². The highest BCUT2D eigenvalue weighted by Crippen LogP contribution is 2.30. The van der Waals surface area contributed by atoms with Crippen LogP contribution in [0.4, 0.5) is 4.79 Å². The molecule has 2 atom stereocenters. The fourth-order valence-corrected chi connectivity index (χ4v) is 3.93. The Balaban J connectivity index is 1.78. The number of amides is 4.